The van der Waals surface area contributed by atoms with Crippen LogP contribution in [0.15, 0.2) is 0 Å². The molecule has 1 N–H and O–H groups in total. The average Bonchev–Trinajstić information content (AvgIpc) is 1.61. The van der Waals surface area contributed by atoms with E-state index in [9.17, 15) is 0 Å². The summed E-state index contributed by atoms with van der Waals surface area (Å²) in [7, 11) is 4.68. The SMILES string of the molecule is [B]COOOO. The fourth-order valence-corrected chi connectivity index (χ4v) is 0.0493. The minimum atomic E-state index is -0.152. The summed E-state index contributed by atoms with van der Waals surface area (Å²) in [4.78, 5) is 3.79. The van der Waals surface area contributed by atoms with Crippen LogP contribution in [-0.2, 0) is 15.0 Å². The molecule has 4 nitrogen and oxygen atoms in total. The van der Waals surface area contributed by atoms with Crippen LogP contribution >= 0.6 is 0 Å². The first kappa shape index (κ1) is 5.90. The molecule has 0 atom stereocenters. The Morgan fingerprint density at radius 2 is 2.33 bits per heavy atom. The minimum absolute atomic E-state index is 0.152. The van der Waals surface area contributed by atoms with Gasteiger partial charge in [0.05, 0.1) is 0 Å². The van der Waals surface area contributed by atoms with E-state index in [4.69, 9.17) is 5.26 Å². The number of hydrogen-bond donors (Lipinski definition) is 1. The van der Waals surface area contributed by atoms with Crippen molar-refractivity contribution >= 4 is 7.85 Å². The van der Waals surface area contributed by atoms with Gasteiger partial charge in [0.1, 0.15) is 7.85 Å². The molecule has 0 spiro atoms. The van der Waals surface area contributed by atoms with Crippen molar-refractivity contribution in [1.29, 1.82) is 0 Å². The molecule has 0 saturated carbocycles. The van der Waals surface area contributed by atoms with E-state index in [0.717, 1.165) is 0 Å². The summed E-state index contributed by atoms with van der Waals surface area (Å²) >= 11 is 0. The van der Waals surface area contributed by atoms with Crippen LogP contribution in [0, 0.1) is 0 Å². The van der Waals surface area contributed by atoms with E-state index >= 15 is 0 Å². The van der Waals surface area contributed by atoms with Gasteiger partial charge in [-0.05, 0) is 10.1 Å². The molecule has 0 bridgehead atoms. The fraction of sp³-hybridized carbons (Fsp3) is 1.00. The van der Waals surface area contributed by atoms with Crippen LogP contribution in [0.3, 0.4) is 0 Å². The van der Waals surface area contributed by atoms with Crippen molar-refractivity contribution in [2.45, 2.75) is 0 Å². The van der Waals surface area contributed by atoms with E-state index in [1.165, 1.54) is 0 Å². The van der Waals surface area contributed by atoms with Gasteiger partial charge in [-0.2, -0.15) is 0 Å². The smallest absolute Gasteiger partial charge is 0.108 e. The summed E-state index contributed by atoms with van der Waals surface area (Å²) in [6.07, 6.45) is 0. The Balaban J connectivity index is 2.34. The quantitative estimate of drug-likeness (QED) is 0.219. The van der Waals surface area contributed by atoms with E-state index in [-0.39, 0.29) is 6.51 Å². The Morgan fingerprint density at radius 1 is 1.67 bits per heavy atom. The van der Waals surface area contributed by atoms with Crippen molar-refractivity contribution in [2.24, 2.45) is 0 Å². The zero-order chi connectivity index (χ0) is 4.83. The lowest BCUT2D eigenvalue weighted by Gasteiger charge is -1.88. The summed E-state index contributed by atoms with van der Waals surface area (Å²) in [6.45, 7) is -0.152. The van der Waals surface area contributed by atoms with Crippen molar-refractivity contribution in [3.05, 3.63) is 0 Å². The highest BCUT2D eigenvalue weighted by atomic mass is 17.6. The first-order valence-electron chi connectivity index (χ1n) is 1.21. The molecule has 0 unspecified atom stereocenters. The molecule has 0 amide bonds. The van der Waals surface area contributed by atoms with E-state index in [1.807, 2.05) is 0 Å². The second-order valence-electron chi connectivity index (χ2n) is 0.427. The Kier molecular flexibility index (Phi) is 4.83. The summed E-state index contributed by atoms with van der Waals surface area (Å²) in [5, 5.41) is 13.7. The molecule has 0 aromatic rings. The van der Waals surface area contributed by atoms with Crippen molar-refractivity contribution in [1.82, 2.24) is 0 Å². The third-order valence-corrected chi connectivity index (χ3v) is 0.147. The largest absolute Gasteiger partial charge is 0.219 e. The first-order chi connectivity index (χ1) is 2.91. The maximum absolute atomic E-state index is 7.29. The minimum Gasteiger partial charge on any atom is -0.219 e. The average molecular weight is 89.8 g/mol. The molecule has 34 valence electrons. The van der Waals surface area contributed by atoms with Crippen LogP contribution in [0.4, 0.5) is 0 Å². The van der Waals surface area contributed by atoms with Gasteiger partial charge in [0, 0.05) is 6.51 Å². The lowest BCUT2D eigenvalue weighted by atomic mass is 10.2. The molecule has 0 fully saturated rings. The van der Waals surface area contributed by atoms with Crippen LogP contribution in [-0.4, -0.2) is 19.6 Å². The standard InChI is InChI=1S/CH3BO4/c2-1-4-6-5-3/h3H,1H2. The second kappa shape index (κ2) is 4.90. The fourth-order valence-electron chi connectivity index (χ4n) is 0.0493. The molecule has 0 aliphatic heterocycles. The van der Waals surface area contributed by atoms with Gasteiger partial charge in [-0.3, -0.25) is 0 Å². The highest BCUT2D eigenvalue weighted by Gasteiger charge is 1.74. The van der Waals surface area contributed by atoms with Gasteiger partial charge in [-0.15, -0.1) is 0 Å². The topological polar surface area (TPSA) is 47.9 Å². The van der Waals surface area contributed by atoms with Crippen molar-refractivity contribution in [3.63, 3.8) is 0 Å². The van der Waals surface area contributed by atoms with Gasteiger partial charge in [0.2, 0.25) is 0 Å². The highest BCUT2D eigenvalue weighted by Crippen LogP contribution is 1.69. The van der Waals surface area contributed by atoms with Crippen LogP contribution in [0.2, 0.25) is 0 Å². The highest BCUT2D eigenvalue weighted by molar-refractivity contribution is 6.08. The van der Waals surface area contributed by atoms with E-state index < -0.39 is 0 Å². The third-order valence-electron chi connectivity index (χ3n) is 0.147. The van der Waals surface area contributed by atoms with Gasteiger partial charge in [0.15, 0.2) is 0 Å². The van der Waals surface area contributed by atoms with E-state index in [0.29, 0.717) is 0 Å². The molecule has 0 aromatic heterocycles. The molecular weight excluding hydrogens is 86.8 g/mol. The molecule has 2 radical (unpaired) electrons. The zero-order valence-corrected chi connectivity index (χ0v) is 2.96. The van der Waals surface area contributed by atoms with Gasteiger partial charge < -0.3 is 0 Å². The summed E-state index contributed by atoms with van der Waals surface area (Å²) in [5.41, 5.74) is 0. The Hall–Kier alpha value is -0.0951. The summed E-state index contributed by atoms with van der Waals surface area (Å²) in [6, 6.07) is 0. The van der Waals surface area contributed by atoms with E-state index in [2.05, 4.69) is 22.8 Å². The van der Waals surface area contributed by atoms with Gasteiger partial charge >= 0.3 is 0 Å². The predicted molar refractivity (Wildman–Crippen MR) is 16.5 cm³/mol. The van der Waals surface area contributed by atoms with Gasteiger partial charge in [-0.1, -0.05) is 0 Å². The van der Waals surface area contributed by atoms with Crippen LogP contribution in [0.1, 0.15) is 0 Å². The maximum Gasteiger partial charge on any atom is 0.108 e. The van der Waals surface area contributed by atoms with Crippen LogP contribution in [0.5, 0.6) is 0 Å². The number of rotatable bonds is 3. The lowest BCUT2D eigenvalue weighted by Crippen LogP contribution is -1.93. The van der Waals surface area contributed by atoms with Crippen LogP contribution in [0.25, 0.3) is 0 Å². The molecule has 0 aliphatic carbocycles. The normalized spacial score (nSPS) is 8.83. The molecule has 0 aliphatic rings. The number of hydrogen-bond acceptors (Lipinski definition) is 4. The molecule has 0 saturated heterocycles. The molecule has 0 rings (SSSR count). The van der Waals surface area contributed by atoms with Crippen molar-refractivity contribution in [2.75, 3.05) is 6.51 Å². The van der Waals surface area contributed by atoms with Gasteiger partial charge in [0.25, 0.3) is 0 Å². The third kappa shape index (κ3) is 3.90. The molecule has 5 heteroatoms. The monoisotopic (exact) mass is 90.0 g/mol. The predicted octanol–water partition coefficient (Wildman–Crippen LogP) is -0.535. The van der Waals surface area contributed by atoms with Crippen molar-refractivity contribution < 1.29 is 20.2 Å². The first-order valence-corrected chi connectivity index (χ1v) is 1.21. The summed E-state index contributed by atoms with van der Waals surface area (Å²) in [5.74, 6) is 0. The van der Waals surface area contributed by atoms with Crippen LogP contribution < -0.4 is 0 Å². The Morgan fingerprint density at radius 3 is 2.50 bits per heavy atom. The molecule has 0 heterocycles. The Bertz CT molecular complexity index is 19.5. The Labute approximate surface area is 35.8 Å². The maximum atomic E-state index is 7.29. The zero-order valence-electron chi connectivity index (χ0n) is 2.96. The summed E-state index contributed by atoms with van der Waals surface area (Å²) < 4.78 is 0. The van der Waals surface area contributed by atoms with Crippen molar-refractivity contribution in [3.8, 4) is 0 Å². The molecule has 0 aromatic carbocycles. The molecular formula is CH3BO4. The molecule has 6 heavy (non-hydrogen) atoms. The van der Waals surface area contributed by atoms with Gasteiger partial charge in [-0.25, -0.2) is 10.1 Å². The second-order valence-corrected chi connectivity index (χ2v) is 0.427. The van der Waals surface area contributed by atoms with E-state index in [1.54, 1.807) is 0 Å². The lowest BCUT2D eigenvalue weighted by molar-refractivity contribution is -0.619.